The lowest BCUT2D eigenvalue weighted by molar-refractivity contribution is -0.139. The normalized spacial score (nSPS) is 15.8. The fourth-order valence-electron chi connectivity index (χ4n) is 3.35. The predicted molar refractivity (Wildman–Crippen MR) is 114 cm³/mol. The second-order valence-corrected chi connectivity index (χ2v) is 6.87. The number of halogens is 1. The van der Waals surface area contributed by atoms with Gasteiger partial charge in [-0.3, -0.25) is 4.90 Å². The van der Waals surface area contributed by atoms with Crippen LogP contribution in [0.15, 0.2) is 53.7 Å². The first kappa shape index (κ1) is 22.9. The Kier molecular flexibility index (Phi) is 7.19. The molecule has 32 heavy (non-hydrogen) atoms. The first-order valence-electron chi connectivity index (χ1n) is 9.94. The molecule has 0 unspecified atom stereocenters. The fourth-order valence-corrected chi connectivity index (χ4v) is 3.35. The van der Waals surface area contributed by atoms with Gasteiger partial charge in [-0.05, 0) is 43.3 Å². The zero-order chi connectivity index (χ0) is 23.3. The second-order valence-electron chi connectivity index (χ2n) is 6.87. The van der Waals surface area contributed by atoms with Crippen LogP contribution >= 0.6 is 0 Å². The molecule has 8 nitrogen and oxygen atoms in total. The summed E-state index contributed by atoms with van der Waals surface area (Å²) in [6.07, 6.45) is 0. The highest BCUT2D eigenvalue weighted by Gasteiger charge is 2.38. The number of carbonyl (C=O) groups excluding carboxylic acids is 2. The molecule has 0 spiro atoms. The maximum atomic E-state index is 13.2. The van der Waals surface area contributed by atoms with Crippen LogP contribution < -0.4 is 19.5 Å². The van der Waals surface area contributed by atoms with Crippen molar-refractivity contribution >= 4 is 12.0 Å². The van der Waals surface area contributed by atoms with Crippen LogP contribution in [0, 0.1) is 5.82 Å². The summed E-state index contributed by atoms with van der Waals surface area (Å²) < 4.78 is 35.0. The molecule has 170 valence electrons. The Labute approximate surface area is 185 Å². The lowest BCUT2D eigenvalue weighted by Crippen LogP contribution is -2.48. The van der Waals surface area contributed by atoms with Gasteiger partial charge in [-0.15, -0.1) is 0 Å². The Bertz CT molecular complexity index is 1020. The van der Waals surface area contributed by atoms with Crippen LogP contribution in [-0.2, 0) is 9.53 Å². The number of methoxy groups -OCH3 is 2. The topological polar surface area (TPSA) is 86.3 Å². The first-order valence-corrected chi connectivity index (χ1v) is 9.94. The lowest BCUT2D eigenvalue weighted by Gasteiger charge is -2.35. The Morgan fingerprint density at radius 2 is 1.78 bits per heavy atom. The smallest absolute Gasteiger partial charge is 0.338 e. The molecule has 2 aromatic rings. The molecule has 1 aliphatic rings. The van der Waals surface area contributed by atoms with E-state index in [4.69, 9.17) is 18.9 Å². The minimum absolute atomic E-state index is 0.112. The van der Waals surface area contributed by atoms with E-state index in [1.807, 2.05) is 0 Å². The van der Waals surface area contributed by atoms with Crippen LogP contribution in [-0.4, -0.2) is 51.4 Å². The molecule has 0 saturated heterocycles. The third-order valence-electron chi connectivity index (χ3n) is 5.01. The van der Waals surface area contributed by atoms with E-state index >= 15 is 0 Å². The van der Waals surface area contributed by atoms with Crippen LogP contribution in [0.25, 0.3) is 0 Å². The van der Waals surface area contributed by atoms with Gasteiger partial charge in [0.15, 0.2) is 0 Å². The van der Waals surface area contributed by atoms with Gasteiger partial charge in [0.25, 0.3) is 0 Å². The molecule has 3 rings (SSSR count). The highest BCUT2D eigenvalue weighted by atomic mass is 19.1. The van der Waals surface area contributed by atoms with Crippen LogP contribution in [0.3, 0.4) is 0 Å². The SMILES string of the molecule is CCOC(=O)C1=C(COc2ccc(F)cc2)N(C)C(=O)N[C@@H]1c1ccc(OC)cc1OC. The summed E-state index contributed by atoms with van der Waals surface area (Å²) in [6.45, 7) is 1.73. The predicted octanol–water partition coefficient (Wildman–Crippen LogP) is 3.44. The van der Waals surface area contributed by atoms with Gasteiger partial charge in [0.1, 0.15) is 29.7 Å². The number of ether oxygens (including phenoxy) is 4. The van der Waals surface area contributed by atoms with Crippen molar-refractivity contribution in [3.05, 3.63) is 65.1 Å². The molecule has 0 fully saturated rings. The fraction of sp³-hybridized carbons (Fsp3) is 0.304. The average molecular weight is 444 g/mol. The highest BCUT2D eigenvalue weighted by molar-refractivity contribution is 5.95. The van der Waals surface area contributed by atoms with Crippen molar-refractivity contribution in [1.82, 2.24) is 10.2 Å². The third kappa shape index (κ3) is 4.77. The van der Waals surface area contributed by atoms with E-state index in [1.165, 1.54) is 50.4 Å². The standard InChI is InChI=1S/C23H25FN2O6/c1-5-31-22(27)20-18(13-32-15-8-6-14(24)7-9-15)26(2)23(28)25-21(20)17-11-10-16(29-3)12-19(17)30-4/h6-12,21H,5,13H2,1-4H3,(H,25,28)/t21-/m1/s1. The summed E-state index contributed by atoms with van der Waals surface area (Å²) in [5.74, 6) is 0.385. The molecule has 0 bridgehead atoms. The zero-order valence-electron chi connectivity index (χ0n) is 18.3. The van der Waals surface area contributed by atoms with E-state index in [9.17, 15) is 14.0 Å². The number of amides is 2. The molecule has 1 N–H and O–H groups in total. The summed E-state index contributed by atoms with van der Waals surface area (Å²) in [5, 5.41) is 2.82. The van der Waals surface area contributed by atoms with Gasteiger partial charge >= 0.3 is 12.0 Å². The van der Waals surface area contributed by atoms with Crippen molar-refractivity contribution < 1.29 is 32.9 Å². The van der Waals surface area contributed by atoms with Crippen molar-refractivity contribution in [1.29, 1.82) is 0 Å². The first-order chi connectivity index (χ1) is 15.4. The number of hydrogen-bond acceptors (Lipinski definition) is 6. The number of esters is 1. The van der Waals surface area contributed by atoms with E-state index < -0.39 is 23.9 Å². The van der Waals surface area contributed by atoms with Gasteiger partial charge in [0.2, 0.25) is 0 Å². The summed E-state index contributed by atoms with van der Waals surface area (Å²) >= 11 is 0. The minimum atomic E-state index is -0.842. The highest BCUT2D eigenvalue weighted by Crippen LogP contribution is 2.37. The summed E-state index contributed by atoms with van der Waals surface area (Å²) in [4.78, 5) is 27.0. The Hall–Kier alpha value is -3.75. The van der Waals surface area contributed by atoms with Gasteiger partial charge in [-0.25, -0.2) is 14.0 Å². The molecule has 2 aromatic carbocycles. The number of nitrogens with one attached hydrogen (secondary N) is 1. The maximum Gasteiger partial charge on any atom is 0.338 e. The quantitative estimate of drug-likeness (QED) is 0.628. The van der Waals surface area contributed by atoms with E-state index in [-0.39, 0.29) is 18.8 Å². The largest absolute Gasteiger partial charge is 0.497 e. The van der Waals surface area contributed by atoms with Gasteiger partial charge in [0, 0.05) is 18.7 Å². The Morgan fingerprint density at radius 1 is 1.09 bits per heavy atom. The summed E-state index contributed by atoms with van der Waals surface area (Å²) in [7, 11) is 4.54. The molecule has 1 heterocycles. The second kappa shape index (κ2) is 10.0. The summed E-state index contributed by atoms with van der Waals surface area (Å²) in [6, 6.07) is 9.27. The number of carbonyl (C=O) groups is 2. The molecule has 0 aromatic heterocycles. The molecule has 9 heteroatoms. The monoisotopic (exact) mass is 444 g/mol. The average Bonchev–Trinajstić information content (AvgIpc) is 2.80. The molecular weight excluding hydrogens is 419 g/mol. The van der Waals surface area contributed by atoms with Gasteiger partial charge in [-0.1, -0.05) is 0 Å². The van der Waals surface area contributed by atoms with Gasteiger partial charge in [0.05, 0.1) is 38.1 Å². The molecule has 0 saturated carbocycles. The molecule has 1 aliphatic heterocycles. The van der Waals surface area contributed by atoms with Gasteiger partial charge in [-0.2, -0.15) is 0 Å². The van der Waals surface area contributed by atoms with Gasteiger partial charge < -0.3 is 24.3 Å². The Balaban J connectivity index is 2.08. The van der Waals surface area contributed by atoms with Crippen molar-refractivity contribution in [3.8, 4) is 17.2 Å². The lowest BCUT2D eigenvalue weighted by atomic mass is 9.94. The van der Waals surface area contributed by atoms with Crippen molar-refractivity contribution in [2.45, 2.75) is 13.0 Å². The maximum absolute atomic E-state index is 13.2. The zero-order valence-corrected chi connectivity index (χ0v) is 18.3. The van der Waals surface area contributed by atoms with E-state index in [1.54, 1.807) is 25.1 Å². The van der Waals surface area contributed by atoms with E-state index in [2.05, 4.69) is 5.32 Å². The van der Waals surface area contributed by atoms with Crippen LogP contribution in [0.4, 0.5) is 9.18 Å². The molecular formula is C23H25FN2O6. The van der Waals surface area contributed by atoms with Crippen LogP contribution in [0.2, 0.25) is 0 Å². The number of rotatable bonds is 8. The number of urea groups is 1. The van der Waals surface area contributed by atoms with Crippen LogP contribution in [0.1, 0.15) is 18.5 Å². The molecule has 2 amide bonds. The summed E-state index contributed by atoms with van der Waals surface area (Å²) in [5.41, 5.74) is 1.08. The van der Waals surface area contributed by atoms with Crippen molar-refractivity contribution in [2.24, 2.45) is 0 Å². The van der Waals surface area contributed by atoms with E-state index in [0.29, 0.717) is 28.5 Å². The number of hydrogen-bond donors (Lipinski definition) is 1. The Morgan fingerprint density at radius 3 is 2.41 bits per heavy atom. The third-order valence-corrected chi connectivity index (χ3v) is 5.01. The van der Waals surface area contributed by atoms with Crippen molar-refractivity contribution in [3.63, 3.8) is 0 Å². The number of likely N-dealkylation sites (N-methyl/N-ethyl adjacent to an activating group) is 1. The molecule has 1 atom stereocenters. The van der Waals surface area contributed by atoms with Crippen molar-refractivity contribution in [2.75, 3.05) is 34.5 Å². The van der Waals surface area contributed by atoms with Crippen LogP contribution in [0.5, 0.6) is 17.2 Å². The number of nitrogens with zero attached hydrogens (tertiary/aromatic N) is 1. The number of benzene rings is 2. The minimum Gasteiger partial charge on any atom is -0.497 e. The molecule has 0 radical (unpaired) electrons. The van der Waals surface area contributed by atoms with E-state index in [0.717, 1.165) is 0 Å². The molecule has 0 aliphatic carbocycles.